The lowest BCUT2D eigenvalue weighted by Gasteiger charge is -2.36. The number of aromatic nitrogens is 3. The molecule has 56 heavy (non-hydrogen) atoms. The van der Waals surface area contributed by atoms with Crippen molar-refractivity contribution < 1.29 is 14.3 Å². The van der Waals surface area contributed by atoms with Crippen molar-refractivity contribution in [2.45, 2.75) is 98.2 Å². The van der Waals surface area contributed by atoms with Crippen LogP contribution >= 0.6 is 0 Å². The number of rotatable bonds is 13. The lowest BCUT2D eigenvalue weighted by atomic mass is 9.96. The largest absolute Gasteiger partial charge is 0.381 e. The highest BCUT2D eigenvalue weighted by molar-refractivity contribution is 6.00. The van der Waals surface area contributed by atoms with Gasteiger partial charge in [-0.15, -0.1) is 0 Å². The van der Waals surface area contributed by atoms with E-state index in [0.717, 1.165) is 71.6 Å². The highest BCUT2D eigenvalue weighted by Crippen LogP contribution is 2.32. The standard InChI is InChI=1S/C45H56N8O3/c1-6-41-39(42(50-37-16-18-56-19-17-37)40-25-48-53(7-2)43(40)51-41)24-47-45(55)36-13-9-12-35(22-36)44(54)46-23-32-15-14-29(3)38(21-32)34-11-8-10-33(20-34)28-52-26-30(4)49-31(5)27-52/h8-15,20-22,25,30-31,37,49H,6-7,16-19,23-24,26-28H2,1-5H3,(H,46,54)(H,47,55)(H,50,51)/t30-,31?/m1/s1. The second kappa shape index (κ2) is 17.8. The van der Waals surface area contributed by atoms with Crippen LogP contribution in [0.3, 0.4) is 0 Å². The van der Waals surface area contributed by atoms with Crippen molar-refractivity contribution in [2.24, 2.45) is 0 Å². The predicted molar refractivity (Wildman–Crippen MR) is 223 cm³/mol. The minimum atomic E-state index is -0.255. The zero-order valence-corrected chi connectivity index (χ0v) is 33.5. The molecule has 3 aromatic carbocycles. The maximum absolute atomic E-state index is 13.6. The molecule has 11 nitrogen and oxygen atoms in total. The average molecular weight is 757 g/mol. The van der Waals surface area contributed by atoms with Crippen LogP contribution in [-0.4, -0.2) is 75.9 Å². The van der Waals surface area contributed by atoms with Gasteiger partial charge in [0.25, 0.3) is 11.8 Å². The van der Waals surface area contributed by atoms with E-state index in [4.69, 9.17) is 9.72 Å². The summed E-state index contributed by atoms with van der Waals surface area (Å²) in [5.41, 5.74) is 10.4. The van der Waals surface area contributed by atoms with Crippen LogP contribution in [0.25, 0.3) is 22.2 Å². The zero-order chi connectivity index (χ0) is 39.2. The molecule has 4 N–H and O–H groups in total. The van der Waals surface area contributed by atoms with E-state index in [9.17, 15) is 9.59 Å². The first kappa shape index (κ1) is 39.1. The Kier molecular flexibility index (Phi) is 12.4. The van der Waals surface area contributed by atoms with Crippen LogP contribution in [-0.2, 0) is 37.3 Å². The molecule has 1 unspecified atom stereocenters. The summed E-state index contributed by atoms with van der Waals surface area (Å²) in [4.78, 5) is 34.6. The summed E-state index contributed by atoms with van der Waals surface area (Å²) in [6.07, 6.45) is 4.39. The number of carbonyl (C=O) groups is 2. The molecule has 0 spiro atoms. The number of nitrogens with zero attached hydrogens (tertiary/aromatic N) is 4. The molecule has 2 saturated heterocycles. The van der Waals surface area contributed by atoms with E-state index in [0.29, 0.717) is 55.9 Å². The molecule has 294 valence electrons. The molecule has 5 aromatic rings. The Morgan fingerprint density at radius 2 is 1.59 bits per heavy atom. The van der Waals surface area contributed by atoms with Gasteiger partial charge < -0.3 is 26.0 Å². The summed E-state index contributed by atoms with van der Waals surface area (Å²) in [6.45, 7) is 16.5. The first-order chi connectivity index (χ1) is 27.2. The lowest BCUT2D eigenvalue weighted by molar-refractivity contribution is 0.0904. The molecule has 0 radical (unpaired) electrons. The Morgan fingerprint density at radius 1 is 0.875 bits per heavy atom. The Labute approximate surface area is 330 Å². The van der Waals surface area contributed by atoms with E-state index in [2.05, 4.69) is 108 Å². The summed E-state index contributed by atoms with van der Waals surface area (Å²) in [5.74, 6) is -0.489. The molecule has 2 fully saturated rings. The number of carbonyl (C=O) groups excluding carboxylic acids is 2. The average Bonchev–Trinajstić information content (AvgIpc) is 3.63. The minimum Gasteiger partial charge on any atom is -0.381 e. The van der Waals surface area contributed by atoms with Crippen LogP contribution in [0.4, 0.5) is 5.69 Å². The van der Waals surface area contributed by atoms with Crippen molar-refractivity contribution in [3.05, 3.63) is 112 Å². The van der Waals surface area contributed by atoms with Crippen LogP contribution in [0.15, 0.2) is 72.9 Å². The highest BCUT2D eigenvalue weighted by Gasteiger charge is 2.23. The van der Waals surface area contributed by atoms with E-state index in [1.807, 2.05) is 10.9 Å². The Balaban J connectivity index is 1.02. The van der Waals surface area contributed by atoms with Gasteiger partial charge in [0.05, 0.1) is 17.3 Å². The quantitative estimate of drug-likeness (QED) is 0.106. The van der Waals surface area contributed by atoms with Crippen molar-refractivity contribution in [3.63, 3.8) is 0 Å². The molecule has 2 aliphatic rings. The second-order valence-electron chi connectivity index (χ2n) is 15.5. The monoisotopic (exact) mass is 756 g/mol. The van der Waals surface area contributed by atoms with Gasteiger partial charge in [0.2, 0.25) is 0 Å². The van der Waals surface area contributed by atoms with Crippen molar-refractivity contribution in [1.82, 2.24) is 35.6 Å². The summed E-state index contributed by atoms with van der Waals surface area (Å²) < 4.78 is 7.52. The summed E-state index contributed by atoms with van der Waals surface area (Å²) >= 11 is 0. The maximum Gasteiger partial charge on any atom is 0.251 e. The summed E-state index contributed by atoms with van der Waals surface area (Å²) in [6, 6.07) is 23.3. The fraction of sp³-hybridized carbons (Fsp3) is 0.422. The van der Waals surface area contributed by atoms with Gasteiger partial charge in [-0.3, -0.25) is 14.5 Å². The highest BCUT2D eigenvalue weighted by atomic mass is 16.5. The maximum atomic E-state index is 13.6. The van der Waals surface area contributed by atoms with Crippen LogP contribution in [0.1, 0.15) is 89.2 Å². The number of hydrogen-bond donors (Lipinski definition) is 4. The number of anilines is 1. The van der Waals surface area contributed by atoms with Crippen molar-refractivity contribution in [3.8, 4) is 11.1 Å². The summed E-state index contributed by atoms with van der Waals surface area (Å²) in [7, 11) is 0. The van der Waals surface area contributed by atoms with Gasteiger partial charge in [-0.2, -0.15) is 5.10 Å². The van der Waals surface area contributed by atoms with Gasteiger partial charge >= 0.3 is 0 Å². The van der Waals surface area contributed by atoms with E-state index in [1.165, 1.54) is 16.7 Å². The first-order valence-corrected chi connectivity index (χ1v) is 20.2. The first-order valence-electron chi connectivity index (χ1n) is 20.2. The topological polar surface area (TPSA) is 125 Å². The number of aryl methyl sites for hydroxylation is 3. The van der Waals surface area contributed by atoms with Gasteiger partial charge in [0, 0.05) is 93.0 Å². The van der Waals surface area contributed by atoms with Crippen LogP contribution < -0.4 is 21.3 Å². The van der Waals surface area contributed by atoms with Crippen molar-refractivity contribution in [1.29, 1.82) is 0 Å². The molecule has 7 rings (SSSR count). The molecule has 0 aliphatic carbocycles. The number of pyridine rings is 1. The lowest BCUT2D eigenvalue weighted by Crippen LogP contribution is -2.53. The molecule has 4 heterocycles. The molecule has 11 heteroatoms. The number of fused-ring (bicyclic) bond motifs is 1. The van der Waals surface area contributed by atoms with E-state index < -0.39 is 0 Å². The zero-order valence-electron chi connectivity index (χ0n) is 33.5. The third-order valence-corrected chi connectivity index (χ3v) is 11.0. The van der Waals surface area contributed by atoms with Gasteiger partial charge in [-0.1, -0.05) is 43.3 Å². The summed E-state index contributed by atoms with van der Waals surface area (Å²) in [5, 5.41) is 19.1. The number of ether oxygens (including phenoxy) is 1. The van der Waals surface area contributed by atoms with E-state index in [1.54, 1.807) is 24.3 Å². The van der Waals surface area contributed by atoms with E-state index in [-0.39, 0.29) is 24.4 Å². The molecule has 2 aromatic heterocycles. The third-order valence-electron chi connectivity index (χ3n) is 11.0. The van der Waals surface area contributed by atoms with Crippen molar-refractivity contribution >= 4 is 28.5 Å². The molecule has 0 saturated carbocycles. The van der Waals surface area contributed by atoms with Crippen LogP contribution in [0.5, 0.6) is 0 Å². The smallest absolute Gasteiger partial charge is 0.251 e. The molecule has 2 atom stereocenters. The van der Waals surface area contributed by atoms with E-state index >= 15 is 0 Å². The molecule has 0 bridgehead atoms. The predicted octanol–water partition coefficient (Wildman–Crippen LogP) is 6.62. The number of hydrogen-bond acceptors (Lipinski definition) is 8. The molecular weight excluding hydrogens is 701 g/mol. The number of piperazine rings is 1. The Morgan fingerprint density at radius 3 is 2.30 bits per heavy atom. The fourth-order valence-corrected chi connectivity index (χ4v) is 8.21. The molecular formula is C45H56N8O3. The number of amides is 2. The minimum absolute atomic E-state index is 0.234. The SMILES string of the molecule is CCc1nc2c(cnn2CC)c(NC2CCOCC2)c1CNC(=O)c1cccc(C(=O)NCc2ccc(C)c(-c3cccc(CN4CC(C)N[C@H](C)C4)c3)c2)c1. The van der Waals surface area contributed by atoms with Gasteiger partial charge in [-0.25, -0.2) is 9.67 Å². The van der Waals surface area contributed by atoms with Gasteiger partial charge in [0.1, 0.15) is 0 Å². The van der Waals surface area contributed by atoms with Crippen LogP contribution in [0, 0.1) is 6.92 Å². The second-order valence-corrected chi connectivity index (χ2v) is 15.5. The Bertz CT molecular complexity index is 2160. The van der Waals surface area contributed by atoms with Crippen molar-refractivity contribution in [2.75, 3.05) is 31.6 Å². The number of nitrogens with one attached hydrogen (secondary N) is 4. The van der Waals surface area contributed by atoms with Gasteiger partial charge in [-0.05, 0) is 105 Å². The third kappa shape index (κ3) is 9.12. The Hall–Kier alpha value is -5.10. The van der Waals surface area contributed by atoms with Crippen LogP contribution in [0.2, 0.25) is 0 Å². The number of benzene rings is 3. The molecule has 2 amide bonds. The van der Waals surface area contributed by atoms with Gasteiger partial charge in [0.15, 0.2) is 5.65 Å². The normalized spacial score (nSPS) is 17.9. The fourth-order valence-electron chi connectivity index (χ4n) is 8.21. The molecule has 2 aliphatic heterocycles.